The van der Waals surface area contributed by atoms with Gasteiger partial charge in [0.25, 0.3) is 0 Å². The lowest BCUT2D eigenvalue weighted by Crippen LogP contribution is -2.19. The maximum Gasteiger partial charge on any atom is 0.0558 e. The van der Waals surface area contributed by atoms with Gasteiger partial charge in [-0.05, 0) is 19.4 Å². The van der Waals surface area contributed by atoms with Gasteiger partial charge in [0.1, 0.15) is 0 Å². The van der Waals surface area contributed by atoms with E-state index in [1.54, 1.807) is 0 Å². The van der Waals surface area contributed by atoms with Crippen molar-refractivity contribution in [1.29, 1.82) is 0 Å². The summed E-state index contributed by atoms with van der Waals surface area (Å²) in [4.78, 5) is 2.17. The van der Waals surface area contributed by atoms with E-state index in [-0.39, 0.29) is 6.61 Å². The molecule has 0 aromatic heterocycles. The van der Waals surface area contributed by atoms with E-state index in [1.165, 1.54) is 12.8 Å². The summed E-state index contributed by atoms with van der Waals surface area (Å²) in [5, 5.41) is 8.46. The first-order valence-electron chi connectivity index (χ1n) is 3.12. The van der Waals surface area contributed by atoms with Crippen LogP contribution in [0.4, 0.5) is 0 Å². The van der Waals surface area contributed by atoms with Crippen molar-refractivity contribution in [2.45, 2.75) is 12.8 Å². The second-order valence-corrected chi connectivity index (χ2v) is 2.08. The van der Waals surface area contributed by atoms with Crippen molar-refractivity contribution in [2.24, 2.45) is 0 Å². The number of β-amino-alcohol motifs (C(OH)–C–C–N with tert-alkyl or cyclic N) is 1. The predicted octanol–water partition coefficient (Wildman–Crippen LogP) is 0.236. The van der Waals surface area contributed by atoms with Gasteiger partial charge in [-0.1, -0.05) is 0 Å². The van der Waals surface area contributed by atoms with Gasteiger partial charge < -0.3 is 5.11 Å². The molecule has 0 aromatic carbocycles. The summed E-state index contributed by atoms with van der Waals surface area (Å²) in [6, 6.07) is 0. The number of nitrogens with zero attached hydrogens (tertiary/aromatic N) is 1. The van der Waals surface area contributed by atoms with Crippen LogP contribution in [0.15, 0.2) is 0 Å². The molecule has 1 radical (unpaired) electrons. The zero-order valence-corrected chi connectivity index (χ0v) is 5.01. The third-order valence-electron chi connectivity index (χ3n) is 1.42. The molecule has 8 heavy (non-hydrogen) atoms. The molecule has 0 amide bonds. The summed E-state index contributed by atoms with van der Waals surface area (Å²) in [6.07, 6.45) is 2.46. The molecule has 1 aliphatic rings. The SMILES string of the molecule is OCCN1[CH]CCC1. The third kappa shape index (κ3) is 1.46. The van der Waals surface area contributed by atoms with Crippen molar-refractivity contribution < 1.29 is 5.11 Å². The summed E-state index contributed by atoms with van der Waals surface area (Å²) in [5.74, 6) is 0. The minimum Gasteiger partial charge on any atom is -0.395 e. The van der Waals surface area contributed by atoms with Crippen LogP contribution in [0.2, 0.25) is 0 Å². The number of likely N-dealkylation sites (tertiary alicyclic amines) is 1. The van der Waals surface area contributed by atoms with Crippen molar-refractivity contribution in [3.63, 3.8) is 0 Å². The maximum absolute atomic E-state index is 8.46. The molecule has 2 nitrogen and oxygen atoms in total. The normalized spacial score (nSPS) is 22.1. The zero-order valence-electron chi connectivity index (χ0n) is 5.01. The first-order valence-corrected chi connectivity index (χ1v) is 3.12. The molecule has 2 heteroatoms. The first kappa shape index (κ1) is 6.05. The third-order valence-corrected chi connectivity index (χ3v) is 1.42. The maximum atomic E-state index is 8.46. The number of rotatable bonds is 2. The molecule has 1 saturated heterocycles. The molecule has 0 atom stereocenters. The Morgan fingerprint density at radius 1 is 1.62 bits per heavy atom. The number of hydrogen-bond donors (Lipinski definition) is 1. The average Bonchev–Trinajstić information content (AvgIpc) is 2.19. The smallest absolute Gasteiger partial charge is 0.0558 e. The van der Waals surface area contributed by atoms with E-state index in [0.29, 0.717) is 0 Å². The van der Waals surface area contributed by atoms with Gasteiger partial charge in [-0.2, -0.15) is 0 Å². The minimum absolute atomic E-state index is 0.288. The molecule has 0 aromatic rings. The molecular weight excluding hydrogens is 102 g/mol. The van der Waals surface area contributed by atoms with E-state index < -0.39 is 0 Å². The van der Waals surface area contributed by atoms with Crippen molar-refractivity contribution in [2.75, 3.05) is 19.7 Å². The molecule has 0 aliphatic carbocycles. The molecule has 47 valence electrons. The molecule has 1 N–H and O–H groups in total. The van der Waals surface area contributed by atoms with Crippen molar-refractivity contribution in [3.05, 3.63) is 6.54 Å². The highest BCUT2D eigenvalue weighted by molar-refractivity contribution is 4.75. The Labute approximate surface area is 50.1 Å². The van der Waals surface area contributed by atoms with Gasteiger partial charge in [0.05, 0.1) is 6.61 Å². The summed E-state index contributed by atoms with van der Waals surface area (Å²) in [5.41, 5.74) is 0. The van der Waals surface area contributed by atoms with Gasteiger partial charge in [-0.15, -0.1) is 0 Å². The van der Waals surface area contributed by atoms with Crippen LogP contribution in [0.3, 0.4) is 0 Å². The molecule has 0 saturated carbocycles. The standard InChI is InChI=1S/C6H12NO/c8-6-5-7-3-1-2-4-7/h3,8H,1-2,4-6H2. The Balaban J connectivity index is 2.06. The Bertz CT molecular complexity index is 59.5. The van der Waals surface area contributed by atoms with Crippen LogP contribution < -0.4 is 0 Å². The van der Waals surface area contributed by atoms with Gasteiger partial charge >= 0.3 is 0 Å². The van der Waals surface area contributed by atoms with Crippen LogP contribution in [0.25, 0.3) is 0 Å². The van der Waals surface area contributed by atoms with Gasteiger partial charge in [0.15, 0.2) is 0 Å². The quantitative estimate of drug-likeness (QED) is 0.555. The molecule has 0 unspecified atom stereocenters. The molecule has 1 rings (SSSR count). The van der Waals surface area contributed by atoms with Crippen LogP contribution in [0.1, 0.15) is 12.8 Å². The van der Waals surface area contributed by atoms with E-state index >= 15 is 0 Å². The van der Waals surface area contributed by atoms with E-state index in [2.05, 4.69) is 11.4 Å². The lowest BCUT2D eigenvalue weighted by molar-refractivity contribution is 0.237. The summed E-state index contributed by atoms with van der Waals surface area (Å²) in [7, 11) is 0. The van der Waals surface area contributed by atoms with Gasteiger partial charge in [0, 0.05) is 13.1 Å². The fraction of sp³-hybridized carbons (Fsp3) is 0.833. The van der Waals surface area contributed by atoms with E-state index in [9.17, 15) is 0 Å². The van der Waals surface area contributed by atoms with Crippen molar-refractivity contribution in [1.82, 2.24) is 4.90 Å². The van der Waals surface area contributed by atoms with Crippen molar-refractivity contribution in [3.8, 4) is 0 Å². The molecule has 1 fully saturated rings. The summed E-state index contributed by atoms with van der Waals surface area (Å²) < 4.78 is 0. The highest BCUT2D eigenvalue weighted by Gasteiger charge is 2.09. The number of aliphatic hydroxyl groups excluding tert-OH is 1. The number of hydrogen-bond acceptors (Lipinski definition) is 2. The molecule has 1 heterocycles. The predicted molar refractivity (Wildman–Crippen MR) is 32.2 cm³/mol. The van der Waals surface area contributed by atoms with Crippen LogP contribution in [0, 0.1) is 6.54 Å². The van der Waals surface area contributed by atoms with E-state index in [0.717, 1.165) is 13.1 Å². The van der Waals surface area contributed by atoms with Crippen LogP contribution in [-0.2, 0) is 0 Å². The largest absolute Gasteiger partial charge is 0.395 e. The number of aliphatic hydroxyl groups is 1. The Kier molecular flexibility index (Phi) is 2.30. The van der Waals surface area contributed by atoms with Gasteiger partial charge in [-0.25, -0.2) is 0 Å². The zero-order chi connectivity index (χ0) is 5.82. The van der Waals surface area contributed by atoms with Crippen LogP contribution in [0.5, 0.6) is 0 Å². The Morgan fingerprint density at radius 2 is 2.50 bits per heavy atom. The molecule has 1 aliphatic heterocycles. The fourth-order valence-corrected chi connectivity index (χ4v) is 0.991. The van der Waals surface area contributed by atoms with Crippen LogP contribution >= 0.6 is 0 Å². The Morgan fingerprint density at radius 3 is 3.00 bits per heavy atom. The van der Waals surface area contributed by atoms with Gasteiger partial charge in [0.2, 0.25) is 0 Å². The lowest BCUT2D eigenvalue weighted by atomic mass is 10.4. The highest BCUT2D eigenvalue weighted by Crippen LogP contribution is 2.09. The lowest BCUT2D eigenvalue weighted by Gasteiger charge is -2.10. The molecule has 0 bridgehead atoms. The summed E-state index contributed by atoms with van der Waals surface area (Å²) >= 11 is 0. The van der Waals surface area contributed by atoms with Gasteiger partial charge in [-0.3, -0.25) is 4.90 Å². The molecular formula is C6H12NO. The second kappa shape index (κ2) is 3.05. The summed E-state index contributed by atoms with van der Waals surface area (Å²) in [6.45, 7) is 4.41. The first-order chi connectivity index (χ1) is 3.93. The van der Waals surface area contributed by atoms with E-state index in [4.69, 9.17) is 5.11 Å². The average molecular weight is 114 g/mol. The second-order valence-electron chi connectivity index (χ2n) is 2.08. The van der Waals surface area contributed by atoms with Crippen LogP contribution in [-0.4, -0.2) is 29.7 Å². The topological polar surface area (TPSA) is 23.5 Å². The minimum atomic E-state index is 0.288. The Hall–Kier alpha value is -0.0800. The fourth-order valence-electron chi connectivity index (χ4n) is 0.991. The molecule has 0 spiro atoms. The van der Waals surface area contributed by atoms with Crippen molar-refractivity contribution >= 4 is 0 Å². The highest BCUT2D eigenvalue weighted by atomic mass is 16.3. The monoisotopic (exact) mass is 114 g/mol. The van der Waals surface area contributed by atoms with E-state index in [1.807, 2.05) is 0 Å².